The molecule has 1 saturated heterocycles. The number of unbranched alkanes of at least 4 members (excludes halogenated alkanes) is 1. The second-order valence-electron chi connectivity index (χ2n) is 8.66. The lowest BCUT2D eigenvalue weighted by atomic mass is 10.1. The van der Waals surface area contributed by atoms with Gasteiger partial charge in [0.2, 0.25) is 23.6 Å². The highest BCUT2D eigenvalue weighted by Crippen LogP contribution is 2.19. The third-order valence-electron chi connectivity index (χ3n) is 5.72. The van der Waals surface area contributed by atoms with Crippen LogP contribution in [0.1, 0.15) is 51.4 Å². The van der Waals surface area contributed by atoms with Crippen molar-refractivity contribution in [1.82, 2.24) is 15.5 Å². The topological polar surface area (TPSA) is 275 Å². The third kappa shape index (κ3) is 10.4. The van der Waals surface area contributed by atoms with Gasteiger partial charge in [-0.25, -0.2) is 4.79 Å². The Bertz CT molecular complexity index is 818. The molecule has 0 bridgehead atoms. The quantitative estimate of drug-likeness (QED) is 0.0570. The second-order valence-corrected chi connectivity index (χ2v) is 8.66. The van der Waals surface area contributed by atoms with Crippen molar-refractivity contribution in [2.24, 2.45) is 33.7 Å². The van der Waals surface area contributed by atoms with Gasteiger partial charge in [-0.15, -0.1) is 0 Å². The number of likely N-dealkylation sites (tertiary alicyclic amines) is 1. The van der Waals surface area contributed by atoms with E-state index in [0.29, 0.717) is 38.8 Å². The van der Waals surface area contributed by atoms with Gasteiger partial charge in [0.25, 0.3) is 0 Å². The molecule has 0 aromatic heterocycles. The Morgan fingerprint density at radius 1 is 1.00 bits per heavy atom. The number of aliphatic imine (C=N–C) groups is 1. The van der Waals surface area contributed by atoms with Crippen molar-refractivity contribution < 1.29 is 29.1 Å². The van der Waals surface area contributed by atoms with Crippen molar-refractivity contribution in [3.63, 3.8) is 0 Å². The minimum Gasteiger partial charge on any atom is -0.480 e. The van der Waals surface area contributed by atoms with Crippen molar-refractivity contribution in [2.75, 3.05) is 19.6 Å². The molecule has 0 spiro atoms. The minimum absolute atomic E-state index is 0.00202. The highest BCUT2D eigenvalue weighted by Gasteiger charge is 2.38. The van der Waals surface area contributed by atoms with Crippen molar-refractivity contribution in [3.8, 4) is 0 Å². The maximum Gasteiger partial charge on any atom is 0.326 e. The van der Waals surface area contributed by atoms with Crippen molar-refractivity contribution >= 4 is 35.6 Å². The SMILES string of the molecule is NCCCCC(N)C(=O)N1CCCC1C(=O)NC(CC(N)=O)C(=O)NC(CCCN=C(N)N)C(=O)O. The van der Waals surface area contributed by atoms with Gasteiger partial charge in [-0.3, -0.25) is 24.2 Å². The van der Waals surface area contributed by atoms with Crippen LogP contribution in [0.15, 0.2) is 4.99 Å². The molecule has 15 nitrogen and oxygen atoms in total. The first-order valence-electron chi connectivity index (χ1n) is 11.9. The largest absolute Gasteiger partial charge is 0.480 e. The van der Waals surface area contributed by atoms with Gasteiger partial charge < -0.3 is 49.3 Å². The van der Waals surface area contributed by atoms with Crippen molar-refractivity contribution in [3.05, 3.63) is 0 Å². The van der Waals surface area contributed by atoms with E-state index < -0.39 is 54.3 Å². The molecule has 4 unspecified atom stereocenters. The van der Waals surface area contributed by atoms with E-state index in [1.165, 1.54) is 4.90 Å². The zero-order valence-corrected chi connectivity index (χ0v) is 20.4. The molecule has 0 radical (unpaired) electrons. The number of guanidine groups is 1. The molecule has 0 aromatic rings. The van der Waals surface area contributed by atoms with Gasteiger partial charge >= 0.3 is 5.97 Å². The molecule has 15 heteroatoms. The minimum atomic E-state index is -1.43. The molecule has 1 rings (SSSR count). The van der Waals surface area contributed by atoms with E-state index in [2.05, 4.69) is 15.6 Å². The number of carbonyl (C=O) groups excluding carboxylic acids is 4. The number of nitrogens with one attached hydrogen (secondary N) is 2. The Morgan fingerprint density at radius 3 is 2.28 bits per heavy atom. The average Bonchev–Trinajstić information content (AvgIpc) is 3.29. The fraction of sp³-hybridized carbons (Fsp3) is 0.714. The van der Waals surface area contributed by atoms with Crippen LogP contribution in [0.5, 0.6) is 0 Å². The van der Waals surface area contributed by atoms with Gasteiger partial charge in [0.1, 0.15) is 18.1 Å². The predicted octanol–water partition coefficient (Wildman–Crippen LogP) is -3.58. The van der Waals surface area contributed by atoms with Crippen molar-refractivity contribution in [2.45, 2.75) is 75.5 Å². The first kappa shape index (κ1) is 30.6. The number of carboxylic acids is 1. The molecule has 13 N–H and O–H groups in total. The van der Waals surface area contributed by atoms with Crippen LogP contribution in [-0.2, 0) is 24.0 Å². The molecule has 1 aliphatic rings. The van der Waals surface area contributed by atoms with E-state index in [0.717, 1.165) is 6.42 Å². The van der Waals surface area contributed by atoms with Crippen LogP contribution in [0.4, 0.5) is 0 Å². The van der Waals surface area contributed by atoms with Crippen LogP contribution in [-0.4, -0.2) is 89.4 Å². The average molecular weight is 514 g/mol. The van der Waals surface area contributed by atoms with E-state index in [4.69, 9.17) is 28.7 Å². The summed E-state index contributed by atoms with van der Waals surface area (Å²) in [6, 6.07) is -4.40. The number of rotatable bonds is 16. The zero-order valence-electron chi connectivity index (χ0n) is 20.4. The first-order chi connectivity index (χ1) is 17.0. The molecule has 36 heavy (non-hydrogen) atoms. The van der Waals surface area contributed by atoms with Crippen LogP contribution in [0.3, 0.4) is 0 Å². The second kappa shape index (κ2) is 15.5. The zero-order chi connectivity index (χ0) is 27.3. The van der Waals surface area contributed by atoms with Gasteiger partial charge in [0, 0.05) is 13.1 Å². The maximum absolute atomic E-state index is 13.0. The van der Waals surface area contributed by atoms with E-state index in [1.807, 2.05) is 0 Å². The summed E-state index contributed by atoms with van der Waals surface area (Å²) < 4.78 is 0. The monoisotopic (exact) mass is 513 g/mol. The Labute approximate surface area is 209 Å². The Balaban J connectivity index is 2.84. The van der Waals surface area contributed by atoms with E-state index in [1.54, 1.807) is 0 Å². The van der Waals surface area contributed by atoms with Crippen LogP contribution in [0.25, 0.3) is 0 Å². The Morgan fingerprint density at radius 2 is 1.69 bits per heavy atom. The number of primary amides is 1. The summed E-state index contributed by atoms with van der Waals surface area (Å²) in [4.78, 5) is 66.8. The van der Waals surface area contributed by atoms with Crippen LogP contribution in [0.2, 0.25) is 0 Å². The van der Waals surface area contributed by atoms with Crippen LogP contribution in [0, 0.1) is 0 Å². The summed E-state index contributed by atoms with van der Waals surface area (Å²) in [6.07, 6.45) is 2.43. The molecular weight excluding hydrogens is 474 g/mol. The summed E-state index contributed by atoms with van der Waals surface area (Å²) in [5.41, 5.74) is 27.2. The molecule has 0 aromatic carbocycles. The Hall–Kier alpha value is -3.46. The maximum atomic E-state index is 13.0. The standard InChI is InChI=1S/C21H39N9O6/c22-8-2-1-5-12(23)19(34)30-10-4-7-15(30)18(33)29-14(11-16(24)31)17(32)28-13(20(35)36)6-3-9-27-21(25)26/h12-15H,1-11,22-23H2,(H2,24,31)(H,28,32)(H,29,33)(H,35,36)(H4,25,26,27). The number of hydrogen-bond donors (Lipinski definition) is 8. The number of hydrogen-bond acceptors (Lipinski definition) is 8. The third-order valence-corrected chi connectivity index (χ3v) is 5.72. The van der Waals surface area contributed by atoms with Gasteiger partial charge in [0.15, 0.2) is 5.96 Å². The van der Waals surface area contributed by atoms with E-state index in [9.17, 15) is 29.1 Å². The lowest BCUT2D eigenvalue weighted by Gasteiger charge is -2.28. The summed E-state index contributed by atoms with van der Waals surface area (Å²) in [5, 5.41) is 14.2. The van der Waals surface area contributed by atoms with Gasteiger partial charge in [0.05, 0.1) is 12.5 Å². The van der Waals surface area contributed by atoms with E-state index >= 15 is 0 Å². The molecule has 0 aliphatic carbocycles. The Kier molecular flexibility index (Phi) is 13.2. The molecule has 1 fully saturated rings. The molecular formula is C21H39N9O6. The molecule has 4 amide bonds. The van der Waals surface area contributed by atoms with Gasteiger partial charge in [-0.1, -0.05) is 6.42 Å². The summed E-state index contributed by atoms with van der Waals surface area (Å²) in [7, 11) is 0. The fourth-order valence-electron chi connectivity index (χ4n) is 3.86. The molecule has 0 saturated carbocycles. The number of nitrogens with two attached hydrogens (primary N) is 5. The van der Waals surface area contributed by atoms with Gasteiger partial charge in [-0.2, -0.15) is 0 Å². The summed E-state index contributed by atoms with van der Waals surface area (Å²) in [5.74, 6) is -4.27. The molecule has 1 aliphatic heterocycles. The molecule has 4 atom stereocenters. The lowest BCUT2D eigenvalue weighted by molar-refractivity contribution is -0.143. The highest BCUT2D eigenvalue weighted by atomic mass is 16.4. The smallest absolute Gasteiger partial charge is 0.326 e. The molecule has 204 valence electrons. The fourth-order valence-corrected chi connectivity index (χ4v) is 3.86. The van der Waals surface area contributed by atoms with Crippen molar-refractivity contribution in [1.29, 1.82) is 0 Å². The van der Waals surface area contributed by atoms with Crippen LogP contribution >= 0.6 is 0 Å². The normalized spacial score (nSPS) is 17.5. The lowest BCUT2D eigenvalue weighted by Crippen LogP contribution is -2.57. The highest BCUT2D eigenvalue weighted by molar-refractivity contribution is 5.96. The number of amides is 4. The van der Waals surface area contributed by atoms with Crippen LogP contribution < -0.4 is 39.3 Å². The number of carbonyl (C=O) groups is 5. The number of carboxylic acid groups (broad SMARTS) is 1. The summed E-state index contributed by atoms with van der Waals surface area (Å²) >= 11 is 0. The first-order valence-corrected chi connectivity index (χ1v) is 11.9. The number of nitrogens with zero attached hydrogens (tertiary/aromatic N) is 2. The van der Waals surface area contributed by atoms with E-state index in [-0.39, 0.29) is 31.3 Å². The predicted molar refractivity (Wildman–Crippen MR) is 131 cm³/mol. The summed E-state index contributed by atoms with van der Waals surface area (Å²) in [6.45, 7) is 0.965. The van der Waals surface area contributed by atoms with Gasteiger partial charge in [-0.05, 0) is 45.1 Å². The molecule has 1 heterocycles. The number of aliphatic carboxylic acids is 1.